The lowest BCUT2D eigenvalue weighted by molar-refractivity contribution is -0.116. The van der Waals surface area contributed by atoms with Crippen LogP contribution in [0.5, 0.6) is 11.5 Å². The van der Waals surface area contributed by atoms with Crippen LogP contribution in [0.25, 0.3) is 21.5 Å². The van der Waals surface area contributed by atoms with Gasteiger partial charge in [0.25, 0.3) is 5.56 Å². The molecule has 0 fully saturated rings. The first-order valence-corrected chi connectivity index (χ1v) is 11.2. The van der Waals surface area contributed by atoms with E-state index in [0.29, 0.717) is 32.5 Å². The number of thiophene rings is 1. The highest BCUT2D eigenvalue weighted by Gasteiger charge is 2.14. The number of anilines is 1. The van der Waals surface area contributed by atoms with Crippen LogP contribution in [0, 0.1) is 0 Å². The summed E-state index contributed by atoms with van der Waals surface area (Å²) in [5.41, 5.74) is 1.24. The fraction of sp³-hybridized carbons (Fsp3) is 0.238. The van der Waals surface area contributed by atoms with Crippen LogP contribution in [0.1, 0.15) is 11.8 Å². The summed E-state index contributed by atoms with van der Waals surface area (Å²) in [5, 5.41) is 5.56. The Morgan fingerprint density at radius 3 is 2.81 bits per heavy atom. The maximum Gasteiger partial charge on any atom is 0.262 e. The minimum atomic E-state index is -0.350. The fourth-order valence-electron chi connectivity index (χ4n) is 3.08. The molecule has 0 aliphatic heterocycles. The van der Waals surface area contributed by atoms with E-state index in [1.807, 2.05) is 30.5 Å². The molecular weight excluding hydrogens is 436 g/mol. The van der Waals surface area contributed by atoms with Crippen LogP contribution >= 0.6 is 22.7 Å². The molecule has 4 rings (SSSR count). The number of methoxy groups -OCH3 is 2. The van der Waals surface area contributed by atoms with Gasteiger partial charge in [-0.25, -0.2) is 9.97 Å². The number of carbonyl (C=O) groups is 1. The quantitative estimate of drug-likeness (QED) is 0.455. The first kappa shape index (κ1) is 21.0. The number of benzene rings is 1. The summed E-state index contributed by atoms with van der Waals surface area (Å²) in [7, 11) is 3.16. The van der Waals surface area contributed by atoms with Crippen LogP contribution < -0.4 is 20.3 Å². The van der Waals surface area contributed by atoms with Crippen LogP contribution in [0.4, 0.5) is 5.13 Å². The molecule has 0 unspecified atom stereocenters. The van der Waals surface area contributed by atoms with Crippen molar-refractivity contribution < 1.29 is 14.3 Å². The summed E-state index contributed by atoms with van der Waals surface area (Å²) >= 11 is 2.79. The van der Waals surface area contributed by atoms with E-state index >= 15 is 0 Å². The monoisotopic (exact) mass is 456 g/mol. The molecule has 0 aliphatic rings. The van der Waals surface area contributed by atoms with Gasteiger partial charge in [0.2, 0.25) is 5.91 Å². The number of hydrogen-bond acceptors (Lipinski definition) is 8. The summed E-state index contributed by atoms with van der Waals surface area (Å²) < 4.78 is 12.0. The Morgan fingerprint density at radius 2 is 2.06 bits per heavy atom. The van der Waals surface area contributed by atoms with Crippen LogP contribution in [0.15, 0.2) is 40.8 Å². The van der Waals surface area contributed by atoms with Crippen molar-refractivity contribution in [3.8, 4) is 22.8 Å². The Balaban J connectivity index is 1.50. The van der Waals surface area contributed by atoms with Gasteiger partial charge < -0.3 is 14.8 Å². The number of aromatic nitrogens is 3. The van der Waals surface area contributed by atoms with E-state index in [2.05, 4.69) is 15.3 Å². The molecule has 0 atom stereocenters. The molecule has 0 spiro atoms. The Hall–Kier alpha value is -3.24. The van der Waals surface area contributed by atoms with E-state index in [9.17, 15) is 9.59 Å². The average molecular weight is 457 g/mol. The van der Waals surface area contributed by atoms with Crippen molar-refractivity contribution in [1.82, 2.24) is 14.5 Å². The Morgan fingerprint density at radius 1 is 1.23 bits per heavy atom. The van der Waals surface area contributed by atoms with Crippen molar-refractivity contribution in [2.45, 2.75) is 19.9 Å². The number of fused-ring (bicyclic) bond motifs is 1. The van der Waals surface area contributed by atoms with Crippen molar-refractivity contribution in [3.05, 3.63) is 51.2 Å². The van der Waals surface area contributed by atoms with Crippen molar-refractivity contribution in [2.75, 3.05) is 19.5 Å². The molecule has 3 aromatic heterocycles. The summed E-state index contributed by atoms with van der Waals surface area (Å²) in [4.78, 5) is 35.8. The molecule has 3 heterocycles. The topological polar surface area (TPSA) is 95.3 Å². The maximum absolute atomic E-state index is 12.7. The zero-order valence-electron chi connectivity index (χ0n) is 17.2. The van der Waals surface area contributed by atoms with E-state index in [4.69, 9.17) is 9.47 Å². The molecule has 0 saturated carbocycles. The van der Waals surface area contributed by atoms with E-state index in [1.54, 1.807) is 20.3 Å². The van der Waals surface area contributed by atoms with Gasteiger partial charge in [0, 0.05) is 21.9 Å². The number of aryl methyl sites for hydroxylation is 1. The third kappa shape index (κ3) is 4.30. The average Bonchev–Trinajstić information content (AvgIpc) is 3.42. The van der Waals surface area contributed by atoms with E-state index in [0.717, 1.165) is 16.9 Å². The summed E-state index contributed by atoms with van der Waals surface area (Å²) in [5.74, 6) is 0.949. The van der Waals surface area contributed by atoms with Crippen molar-refractivity contribution in [1.29, 1.82) is 0 Å². The van der Waals surface area contributed by atoms with Gasteiger partial charge in [-0.05, 0) is 24.6 Å². The van der Waals surface area contributed by atoms with Gasteiger partial charge in [0.05, 0.1) is 31.6 Å². The number of hydrogen-bond donors (Lipinski definition) is 1. The van der Waals surface area contributed by atoms with Crippen molar-refractivity contribution >= 4 is 43.9 Å². The van der Waals surface area contributed by atoms with E-state index in [-0.39, 0.29) is 18.0 Å². The number of amides is 1. The minimum Gasteiger partial charge on any atom is -0.497 e. The van der Waals surface area contributed by atoms with Crippen LogP contribution in [-0.4, -0.2) is 34.7 Å². The molecule has 0 aliphatic carbocycles. The van der Waals surface area contributed by atoms with Gasteiger partial charge in [0.1, 0.15) is 22.9 Å². The van der Waals surface area contributed by atoms with E-state index < -0.39 is 0 Å². The predicted octanol–water partition coefficient (Wildman–Crippen LogP) is 3.80. The second-order valence-corrected chi connectivity index (χ2v) is 8.59. The smallest absolute Gasteiger partial charge is 0.262 e. The third-order valence-electron chi connectivity index (χ3n) is 4.67. The highest BCUT2D eigenvalue weighted by atomic mass is 32.1. The highest BCUT2D eigenvalue weighted by molar-refractivity contribution is 7.18. The second kappa shape index (κ2) is 8.86. The summed E-state index contributed by atoms with van der Waals surface area (Å²) in [6, 6.07) is 7.29. The van der Waals surface area contributed by atoms with Crippen LogP contribution in [0.2, 0.25) is 0 Å². The van der Waals surface area contributed by atoms with Crippen LogP contribution in [-0.2, 0) is 17.8 Å². The first-order valence-electron chi connectivity index (χ1n) is 9.48. The number of carbonyl (C=O) groups excluding carboxylic acids is 1. The zero-order valence-corrected chi connectivity index (χ0v) is 18.8. The Kier molecular flexibility index (Phi) is 6.01. The number of thiazole rings is 1. The number of nitrogens with zero attached hydrogens (tertiary/aromatic N) is 3. The molecule has 0 saturated heterocycles. The lowest BCUT2D eigenvalue weighted by Gasteiger charge is -2.08. The van der Waals surface area contributed by atoms with Crippen molar-refractivity contribution in [3.63, 3.8) is 0 Å². The van der Waals surface area contributed by atoms with Gasteiger partial charge >= 0.3 is 0 Å². The molecule has 1 amide bonds. The maximum atomic E-state index is 12.7. The Labute approximate surface area is 186 Å². The van der Waals surface area contributed by atoms with Crippen LogP contribution in [0.3, 0.4) is 0 Å². The molecule has 1 aromatic carbocycles. The van der Waals surface area contributed by atoms with Gasteiger partial charge in [-0.15, -0.1) is 22.7 Å². The largest absolute Gasteiger partial charge is 0.497 e. The standard InChI is InChI=1S/C21H20N4O4S2/c1-4-13-8-15-19(31-13)22-11-25(20(15)27)9-18(26)24-21-23-16(10-30-21)14-6-5-12(28-2)7-17(14)29-3/h5-8,10-11H,4,9H2,1-3H3,(H,23,24,26). The first-order chi connectivity index (χ1) is 15.0. The van der Waals surface area contributed by atoms with E-state index in [1.165, 1.54) is 33.6 Å². The molecule has 8 nitrogen and oxygen atoms in total. The lowest BCUT2D eigenvalue weighted by atomic mass is 10.1. The van der Waals surface area contributed by atoms with Gasteiger partial charge in [-0.3, -0.25) is 14.2 Å². The number of ether oxygens (including phenoxy) is 2. The molecule has 1 N–H and O–H groups in total. The molecule has 31 heavy (non-hydrogen) atoms. The van der Waals surface area contributed by atoms with Crippen molar-refractivity contribution in [2.24, 2.45) is 0 Å². The summed E-state index contributed by atoms with van der Waals surface area (Å²) in [6.45, 7) is 1.89. The molecule has 4 aromatic rings. The molecule has 160 valence electrons. The zero-order chi connectivity index (χ0) is 22.0. The number of rotatable bonds is 7. The highest BCUT2D eigenvalue weighted by Crippen LogP contribution is 2.34. The second-order valence-electron chi connectivity index (χ2n) is 6.62. The van der Waals surface area contributed by atoms with Gasteiger partial charge in [0.15, 0.2) is 5.13 Å². The molecule has 0 radical (unpaired) electrons. The number of nitrogens with one attached hydrogen (secondary N) is 1. The normalized spacial score (nSPS) is 10.9. The predicted molar refractivity (Wildman–Crippen MR) is 123 cm³/mol. The molecular formula is C21H20N4O4S2. The Bertz CT molecular complexity index is 1310. The molecule has 0 bridgehead atoms. The summed E-state index contributed by atoms with van der Waals surface area (Å²) in [6.07, 6.45) is 2.25. The van der Waals surface area contributed by atoms with Gasteiger partial charge in [-0.2, -0.15) is 0 Å². The SMILES string of the molecule is CCc1cc2c(=O)n(CC(=O)Nc3nc(-c4ccc(OC)cc4OC)cs3)cnc2s1. The fourth-order valence-corrected chi connectivity index (χ4v) is 4.73. The van der Waals surface area contributed by atoms with Gasteiger partial charge in [-0.1, -0.05) is 6.92 Å². The third-order valence-corrected chi connectivity index (χ3v) is 6.61. The molecule has 10 heteroatoms. The minimum absolute atomic E-state index is 0.139. The lowest BCUT2D eigenvalue weighted by Crippen LogP contribution is -2.27.